The lowest BCUT2D eigenvalue weighted by Crippen LogP contribution is -2.20. The molecule has 16 heavy (non-hydrogen) atoms. The molecule has 0 aliphatic heterocycles. The van der Waals surface area contributed by atoms with E-state index in [4.69, 9.17) is 17.3 Å². The second kappa shape index (κ2) is 5.79. The van der Waals surface area contributed by atoms with E-state index in [2.05, 4.69) is 4.98 Å². The molecule has 6 heteroatoms. The number of hydrogen-bond acceptors (Lipinski definition) is 4. The third-order valence-electron chi connectivity index (χ3n) is 2.15. The molecule has 0 saturated heterocycles. The molecule has 0 radical (unpaired) electrons. The Morgan fingerprint density at radius 2 is 2.19 bits per heavy atom. The van der Waals surface area contributed by atoms with Crippen LogP contribution in [0.3, 0.4) is 0 Å². The monoisotopic (exact) mass is 244 g/mol. The maximum absolute atomic E-state index is 10.9. The number of alkyl halides is 1. The number of nitrogens with zero attached hydrogens (tertiary/aromatic N) is 1. The molecule has 5 nitrogen and oxygen atoms in total. The van der Waals surface area contributed by atoms with E-state index in [9.17, 15) is 15.0 Å². The van der Waals surface area contributed by atoms with Crippen LogP contribution in [-0.2, 0) is 0 Å². The van der Waals surface area contributed by atoms with Gasteiger partial charge in [-0.3, -0.25) is 9.78 Å². The summed E-state index contributed by atoms with van der Waals surface area (Å²) in [5.74, 6) is -0.394. The van der Waals surface area contributed by atoms with Gasteiger partial charge in [0.1, 0.15) is 6.10 Å². The molecule has 1 aromatic rings. The number of primary amides is 1. The van der Waals surface area contributed by atoms with Crippen LogP contribution in [0.1, 0.15) is 28.4 Å². The number of aromatic nitrogens is 1. The predicted octanol–water partition coefficient (Wildman–Crippen LogP) is 0.204. The van der Waals surface area contributed by atoms with E-state index in [1.54, 1.807) is 0 Å². The first-order chi connectivity index (χ1) is 7.56. The smallest absolute Gasteiger partial charge is 0.250 e. The first kappa shape index (κ1) is 12.9. The van der Waals surface area contributed by atoms with Crippen molar-refractivity contribution in [2.75, 3.05) is 5.88 Å². The lowest BCUT2D eigenvalue weighted by molar-refractivity contribution is 0.0167. The van der Waals surface area contributed by atoms with Crippen molar-refractivity contribution in [2.45, 2.75) is 18.6 Å². The van der Waals surface area contributed by atoms with Crippen LogP contribution in [-0.4, -0.2) is 33.1 Å². The summed E-state index contributed by atoms with van der Waals surface area (Å²) in [7, 11) is 0. The van der Waals surface area contributed by atoms with Crippen molar-refractivity contribution in [3.05, 3.63) is 29.6 Å². The van der Waals surface area contributed by atoms with Gasteiger partial charge in [-0.25, -0.2) is 0 Å². The summed E-state index contributed by atoms with van der Waals surface area (Å²) in [6, 6.07) is 1.40. The molecule has 2 atom stereocenters. The molecule has 88 valence electrons. The number of aliphatic hydroxyl groups excluding tert-OH is 2. The number of carbonyl (C=O) groups is 1. The molecular weight excluding hydrogens is 232 g/mol. The summed E-state index contributed by atoms with van der Waals surface area (Å²) < 4.78 is 0. The second-order valence-corrected chi connectivity index (χ2v) is 3.74. The van der Waals surface area contributed by atoms with Crippen molar-refractivity contribution < 1.29 is 15.0 Å². The Hall–Kier alpha value is -1.17. The Bertz CT molecular complexity index is 373. The Morgan fingerprint density at radius 3 is 2.75 bits per heavy atom. The lowest BCUT2D eigenvalue weighted by Gasteiger charge is -2.16. The molecule has 0 aliphatic rings. The van der Waals surface area contributed by atoms with Gasteiger partial charge in [0.15, 0.2) is 0 Å². The van der Waals surface area contributed by atoms with E-state index >= 15 is 0 Å². The summed E-state index contributed by atoms with van der Waals surface area (Å²) in [6.45, 7) is 0. The topological polar surface area (TPSA) is 96.4 Å². The van der Waals surface area contributed by atoms with Crippen LogP contribution >= 0.6 is 11.6 Å². The highest BCUT2D eigenvalue weighted by Gasteiger charge is 2.18. The fraction of sp³-hybridized carbons (Fsp3) is 0.400. The zero-order chi connectivity index (χ0) is 12.1. The van der Waals surface area contributed by atoms with Crippen LogP contribution in [0.15, 0.2) is 18.5 Å². The van der Waals surface area contributed by atoms with Crippen LogP contribution in [0.25, 0.3) is 0 Å². The van der Waals surface area contributed by atoms with E-state index in [1.807, 2.05) is 0 Å². The highest BCUT2D eigenvalue weighted by Crippen LogP contribution is 2.19. The second-order valence-electron chi connectivity index (χ2n) is 3.36. The molecule has 0 fully saturated rings. The van der Waals surface area contributed by atoms with E-state index in [0.717, 1.165) is 0 Å². The SMILES string of the molecule is NC(=O)c1cncc(C(O)C(O)CCCl)c1. The number of hydrogen-bond donors (Lipinski definition) is 3. The zero-order valence-electron chi connectivity index (χ0n) is 8.51. The fourth-order valence-corrected chi connectivity index (χ4v) is 1.47. The quantitative estimate of drug-likeness (QED) is 0.645. The summed E-state index contributed by atoms with van der Waals surface area (Å²) in [5, 5.41) is 19.2. The normalized spacial score (nSPS) is 14.4. The Morgan fingerprint density at radius 1 is 1.50 bits per heavy atom. The summed E-state index contributed by atoms with van der Waals surface area (Å²) in [5.41, 5.74) is 5.60. The number of halogens is 1. The minimum Gasteiger partial charge on any atom is -0.390 e. The van der Waals surface area contributed by atoms with Crippen LogP contribution < -0.4 is 5.73 Å². The van der Waals surface area contributed by atoms with E-state index in [0.29, 0.717) is 5.56 Å². The van der Waals surface area contributed by atoms with Gasteiger partial charge in [0, 0.05) is 23.8 Å². The van der Waals surface area contributed by atoms with Gasteiger partial charge in [0.2, 0.25) is 5.91 Å². The number of pyridine rings is 1. The highest BCUT2D eigenvalue weighted by molar-refractivity contribution is 6.17. The van der Waals surface area contributed by atoms with E-state index < -0.39 is 18.1 Å². The first-order valence-electron chi connectivity index (χ1n) is 4.73. The van der Waals surface area contributed by atoms with Gasteiger partial charge < -0.3 is 15.9 Å². The average Bonchev–Trinajstić information content (AvgIpc) is 2.28. The largest absolute Gasteiger partial charge is 0.390 e. The number of aliphatic hydroxyl groups is 2. The Labute approximate surface area is 97.9 Å². The van der Waals surface area contributed by atoms with Crippen molar-refractivity contribution >= 4 is 17.5 Å². The molecule has 4 N–H and O–H groups in total. The first-order valence-corrected chi connectivity index (χ1v) is 5.26. The fourth-order valence-electron chi connectivity index (χ4n) is 1.25. The van der Waals surface area contributed by atoms with Crippen molar-refractivity contribution in [1.29, 1.82) is 0 Å². The minimum atomic E-state index is -1.12. The molecule has 2 unspecified atom stereocenters. The number of nitrogens with two attached hydrogens (primary N) is 1. The van der Waals surface area contributed by atoms with Gasteiger partial charge >= 0.3 is 0 Å². The molecule has 0 saturated carbocycles. The summed E-state index contributed by atoms with van der Waals surface area (Å²) >= 11 is 5.45. The molecule has 0 aliphatic carbocycles. The molecule has 1 amide bonds. The minimum absolute atomic E-state index is 0.189. The van der Waals surface area contributed by atoms with Crippen molar-refractivity contribution in [1.82, 2.24) is 4.98 Å². The molecule has 0 aromatic carbocycles. The van der Waals surface area contributed by atoms with Gasteiger partial charge in [0.05, 0.1) is 11.7 Å². The molecule has 0 spiro atoms. The van der Waals surface area contributed by atoms with E-state index in [-0.39, 0.29) is 17.9 Å². The van der Waals surface area contributed by atoms with Gasteiger partial charge in [-0.1, -0.05) is 0 Å². The average molecular weight is 245 g/mol. The van der Waals surface area contributed by atoms with Crippen LogP contribution in [0.5, 0.6) is 0 Å². The van der Waals surface area contributed by atoms with Gasteiger partial charge in [-0.15, -0.1) is 11.6 Å². The number of carbonyl (C=O) groups excluding carboxylic acids is 1. The molecule has 0 bridgehead atoms. The third kappa shape index (κ3) is 3.16. The summed E-state index contributed by atoms with van der Waals surface area (Å²) in [4.78, 5) is 14.7. The van der Waals surface area contributed by atoms with Crippen molar-refractivity contribution in [3.8, 4) is 0 Å². The lowest BCUT2D eigenvalue weighted by atomic mass is 10.0. The molecular formula is C10H13ClN2O3. The third-order valence-corrected chi connectivity index (χ3v) is 2.37. The van der Waals surface area contributed by atoms with Crippen molar-refractivity contribution in [3.63, 3.8) is 0 Å². The van der Waals surface area contributed by atoms with E-state index in [1.165, 1.54) is 18.5 Å². The number of rotatable bonds is 5. The Balaban J connectivity index is 2.86. The number of amides is 1. The van der Waals surface area contributed by atoms with Crippen LogP contribution in [0, 0.1) is 0 Å². The maximum atomic E-state index is 10.9. The zero-order valence-corrected chi connectivity index (χ0v) is 9.26. The molecule has 1 heterocycles. The van der Waals surface area contributed by atoms with Crippen LogP contribution in [0.2, 0.25) is 0 Å². The van der Waals surface area contributed by atoms with Gasteiger partial charge in [-0.2, -0.15) is 0 Å². The molecule has 1 rings (SSSR count). The highest BCUT2D eigenvalue weighted by atomic mass is 35.5. The van der Waals surface area contributed by atoms with Gasteiger partial charge in [-0.05, 0) is 12.5 Å². The van der Waals surface area contributed by atoms with Crippen molar-refractivity contribution in [2.24, 2.45) is 5.73 Å². The van der Waals surface area contributed by atoms with Gasteiger partial charge in [0.25, 0.3) is 0 Å². The molecule has 1 aromatic heterocycles. The Kier molecular flexibility index (Phi) is 4.67. The van der Waals surface area contributed by atoms with Crippen LogP contribution in [0.4, 0.5) is 0 Å². The predicted molar refractivity (Wildman–Crippen MR) is 59.1 cm³/mol. The summed E-state index contributed by atoms with van der Waals surface area (Å²) in [6.07, 6.45) is 0.817. The maximum Gasteiger partial charge on any atom is 0.250 e. The standard InChI is InChI=1S/C10H13ClN2O3/c11-2-1-8(14)9(15)6-3-7(10(12)16)5-13-4-6/h3-5,8-9,14-15H,1-2H2,(H2,12,16).